The number of hydrogen-bond acceptors (Lipinski definition) is 3. The van der Waals surface area contributed by atoms with Gasteiger partial charge in [0.2, 0.25) is 0 Å². The van der Waals surface area contributed by atoms with Crippen LogP contribution in [0.15, 0.2) is 0 Å². The predicted octanol–water partition coefficient (Wildman–Crippen LogP) is -4.71. The first kappa shape index (κ1) is 36.0. The van der Waals surface area contributed by atoms with Gasteiger partial charge < -0.3 is 14.7 Å². The summed E-state index contributed by atoms with van der Waals surface area (Å²) in [6.45, 7) is 0. The van der Waals surface area contributed by atoms with Gasteiger partial charge in [-0.15, -0.1) is 0 Å². The Hall–Kier alpha value is 3.51. The predicted molar refractivity (Wildman–Crippen MR) is 59.8 cm³/mol. The van der Waals surface area contributed by atoms with Crippen molar-refractivity contribution in [2.24, 2.45) is 0 Å². The van der Waals surface area contributed by atoms with Gasteiger partial charge in [0.05, 0.1) is 0 Å². The molecule has 8 nitrogen and oxygen atoms in total. The first-order chi connectivity index (χ1) is 4.00. The Balaban J connectivity index is -0.0000000178. The number of phosphoric acid groups is 1. The molecule has 5 N–H and O–H groups in total. The summed E-state index contributed by atoms with van der Waals surface area (Å²) >= 11 is 0. The molecule has 0 rings (SSSR count). The molecule has 0 unspecified atom stereocenters. The van der Waals surface area contributed by atoms with Gasteiger partial charge in [-0.3, -0.25) is 9.11 Å². The maximum absolute atomic E-state index is 8.88. The van der Waals surface area contributed by atoms with Crippen LogP contribution in [0.2, 0.25) is 0 Å². The van der Waals surface area contributed by atoms with E-state index < -0.39 is 18.2 Å². The zero-order valence-electron chi connectivity index (χ0n) is 4.32. The zero-order valence-corrected chi connectivity index (χ0v) is 6.03. The van der Waals surface area contributed by atoms with Crippen molar-refractivity contribution in [3.8, 4) is 0 Å². The molecular formula is H11AlNa3O8PS. The van der Waals surface area contributed by atoms with Crippen LogP contribution in [-0.4, -0.2) is 138 Å². The van der Waals surface area contributed by atoms with Crippen LogP contribution in [0.1, 0.15) is 0 Å². The van der Waals surface area contributed by atoms with Gasteiger partial charge in [-0.2, -0.15) is 8.42 Å². The van der Waals surface area contributed by atoms with Gasteiger partial charge in [0.1, 0.15) is 0 Å². The monoisotopic (exact) mass is 298 g/mol. The van der Waals surface area contributed by atoms with Crippen molar-refractivity contribution in [1.29, 1.82) is 0 Å². The van der Waals surface area contributed by atoms with Crippen LogP contribution >= 0.6 is 7.82 Å². The van der Waals surface area contributed by atoms with E-state index in [4.69, 9.17) is 36.8 Å². The summed E-state index contributed by atoms with van der Waals surface area (Å²) in [5, 5.41) is 0. The molecular weight excluding hydrogens is 287 g/mol. The van der Waals surface area contributed by atoms with Crippen molar-refractivity contribution >= 4 is 124 Å². The van der Waals surface area contributed by atoms with Crippen LogP contribution in [0, 0.1) is 0 Å². The Morgan fingerprint density at radius 2 is 0.857 bits per heavy atom. The van der Waals surface area contributed by atoms with Gasteiger partial charge in [0.25, 0.3) is 0 Å². The van der Waals surface area contributed by atoms with Crippen LogP contribution in [0.3, 0.4) is 0 Å². The summed E-state index contributed by atoms with van der Waals surface area (Å²) in [6.07, 6.45) is 0. The van der Waals surface area contributed by atoms with Gasteiger partial charge in [0, 0.05) is 0 Å². The topological polar surface area (TPSA) is 152 Å². The van der Waals surface area contributed by atoms with Crippen molar-refractivity contribution in [2.45, 2.75) is 0 Å². The fourth-order valence-corrected chi connectivity index (χ4v) is 0. The van der Waals surface area contributed by atoms with Crippen molar-refractivity contribution in [3.05, 3.63) is 0 Å². The standard InChI is InChI=1S/Al.3Na.H3O4P.H2O4S.6H/c;;;;2*1-5(2,3)4;;;;;;/h;;;;(H3,1,2,3,4);(H2,1,2,3,4);;;;;;. The molecule has 0 aliphatic carbocycles. The van der Waals surface area contributed by atoms with E-state index in [-0.39, 0.29) is 106 Å². The van der Waals surface area contributed by atoms with E-state index in [1.54, 1.807) is 0 Å². The molecule has 0 aromatic heterocycles. The molecule has 0 aromatic rings. The maximum atomic E-state index is 8.88. The van der Waals surface area contributed by atoms with Crippen molar-refractivity contribution in [2.75, 3.05) is 0 Å². The molecule has 0 saturated carbocycles. The Bertz CT molecular complexity index is 202. The quantitative estimate of drug-likeness (QED) is 0.170. The third kappa shape index (κ3) is 265. The summed E-state index contributed by atoms with van der Waals surface area (Å²) in [5.41, 5.74) is 0. The molecule has 14 heteroatoms. The summed E-state index contributed by atoms with van der Waals surface area (Å²) in [6, 6.07) is 0. The van der Waals surface area contributed by atoms with Crippen LogP contribution < -0.4 is 0 Å². The minimum atomic E-state index is -4.67. The molecule has 0 spiro atoms. The van der Waals surface area contributed by atoms with Gasteiger partial charge in [-0.25, -0.2) is 4.57 Å². The van der Waals surface area contributed by atoms with Gasteiger partial charge in [-0.05, 0) is 0 Å². The van der Waals surface area contributed by atoms with Gasteiger partial charge >= 0.3 is 107 Å². The van der Waals surface area contributed by atoms with Crippen LogP contribution in [0.4, 0.5) is 0 Å². The van der Waals surface area contributed by atoms with Crippen LogP contribution in [0.25, 0.3) is 0 Å². The Labute approximate surface area is 158 Å². The second-order valence-corrected chi connectivity index (χ2v) is 2.88. The Kier molecular flexibility index (Phi) is 42.5. The molecule has 14 heavy (non-hydrogen) atoms. The van der Waals surface area contributed by atoms with Crippen LogP contribution in [-0.2, 0) is 15.0 Å². The molecule has 76 valence electrons. The first-order valence-corrected chi connectivity index (χ1v) is 4.44. The third-order valence-corrected chi connectivity index (χ3v) is 0. The van der Waals surface area contributed by atoms with E-state index in [9.17, 15) is 0 Å². The van der Waals surface area contributed by atoms with Crippen molar-refractivity contribution in [3.63, 3.8) is 0 Å². The average molecular weight is 298 g/mol. The molecule has 0 bridgehead atoms. The molecule has 0 aliphatic heterocycles. The normalized spacial score (nSPS) is 8.36. The summed E-state index contributed by atoms with van der Waals surface area (Å²) in [7, 11) is -9.31. The molecule has 0 heterocycles. The van der Waals surface area contributed by atoms with Gasteiger partial charge in [-0.1, -0.05) is 0 Å². The number of hydrogen-bond donors (Lipinski definition) is 5. The van der Waals surface area contributed by atoms with E-state index >= 15 is 0 Å². The fourth-order valence-electron chi connectivity index (χ4n) is 0. The third-order valence-electron chi connectivity index (χ3n) is 0. The fraction of sp³-hybridized carbons (Fsp3) is 0. The summed E-state index contributed by atoms with van der Waals surface area (Å²) in [4.78, 5) is 21.6. The molecule has 0 aliphatic rings. The zero-order chi connectivity index (χ0) is 9.00. The summed E-state index contributed by atoms with van der Waals surface area (Å²) < 4.78 is 40.5. The molecule has 0 fully saturated rings. The SMILES string of the molecule is O=P(O)(O)O.O=S(=O)(O)O.[AlH3].[NaH].[NaH].[NaH]. The average Bonchev–Trinajstić information content (AvgIpc) is 1.12. The molecule has 0 amide bonds. The van der Waals surface area contributed by atoms with E-state index in [0.29, 0.717) is 0 Å². The van der Waals surface area contributed by atoms with Gasteiger partial charge in [0.15, 0.2) is 17.4 Å². The molecule has 0 radical (unpaired) electrons. The van der Waals surface area contributed by atoms with E-state index in [1.807, 2.05) is 0 Å². The number of rotatable bonds is 0. The minimum absolute atomic E-state index is 0. The van der Waals surface area contributed by atoms with Crippen molar-refractivity contribution < 1.29 is 36.8 Å². The summed E-state index contributed by atoms with van der Waals surface area (Å²) in [5.74, 6) is 0. The second kappa shape index (κ2) is 16.5. The molecule has 0 atom stereocenters. The molecule has 0 aromatic carbocycles. The molecule has 0 saturated heterocycles. The second-order valence-electron chi connectivity index (χ2n) is 0.961. The first-order valence-electron chi connectivity index (χ1n) is 1.48. The Morgan fingerprint density at radius 3 is 0.857 bits per heavy atom. The van der Waals surface area contributed by atoms with E-state index in [1.165, 1.54) is 0 Å². The van der Waals surface area contributed by atoms with Crippen molar-refractivity contribution in [1.82, 2.24) is 0 Å². The Morgan fingerprint density at radius 1 is 0.857 bits per heavy atom. The van der Waals surface area contributed by atoms with E-state index in [0.717, 1.165) is 0 Å². The van der Waals surface area contributed by atoms with E-state index in [2.05, 4.69) is 0 Å². The van der Waals surface area contributed by atoms with Crippen LogP contribution in [0.5, 0.6) is 0 Å².